The number of nitrogens with zero attached hydrogens (tertiary/aromatic N) is 1. The third kappa shape index (κ3) is 8.86. The molecule has 37 heavy (non-hydrogen) atoms. The lowest BCUT2D eigenvalue weighted by Crippen LogP contribution is -2.53. The second-order valence-electron chi connectivity index (χ2n) is 9.68. The minimum atomic E-state index is -1.07. The highest BCUT2D eigenvalue weighted by atomic mass is 35.5. The highest BCUT2D eigenvalue weighted by Gasteiger charge is 2.36. The number of rotatable bonds is 10. The van der Waals surface area contributed by atoms with Crippen molar-refractivity contribution >= 4 is 47.8 Å². The maximum atomic E-state index is 13.8. The second-order valence-corrected chi connectivity index (χ2v) is 10.5. The van der Waals surface area contributed by atoms with Gasteiger partial charge < -0.3 is 25.4 Å². The van der Waals surface area contributed by atoms with Crippen LogP contribution in [-0.4, -0.2) is 51.9 Å². The van der Waals surface area contributed by atoms with Gasteiger partial charge in [0.05, 0.1) is 10.7 Å². The van der Waals surface area contributed by atoms with Gasteiger partial charge in [-0.3, -0.25) is 9.59 Å². The van der Waals surface area contributed by atoms with Gasteiger partial charge in [-0.1, -0.05) is 49.2 Å². The average Bonchev–Trinajstić information content (AvgIpc) is 2.82. The number of carbonyl (C=O) groups excluding carboxylic acids is 3. The van der Waals surface area contributed by atoms with Crippen molar-refractivity contribution in [2.75, 3.05) is 17.6 Å². The molecular formula is C27H36ClN3O5S. The van der Waals surface area contributed by atoms with Crippen LogP contribution in [0.4, 0.5) is 10.5 Å². The van der Waals surface area contributed by atoms with Crippen LogP contribution in [-0.2, 0) is 14.3 Å². The topological polar surface area (TPSA) is 108 Å². The van der Waals surface area contributed by atoms with Crippen LogP contribution in [0, 0.1) is 6.92 Å². The summed E-state index contributed by atoms with van der Waals surface area (Å²) in [6, 6.07) is 9.23. The Kier molecular flexibility index (Phi) is 11.1. The van der Waals surface area contributed by atoms with E-state index in [0.717, 1.165) is 12.0 Å². The van der Waals surface area contributed by atoms with Gasteiger partial charge in [-0.25, -0.2) is 4.79 Å². The fourth-order valence-corrected chi connectivity index (χ4v) is 4.16. The maximum Gasteiger partial charge on any atom is 0.408 e. The molecule has 2 atom stereocenters. The Morgan fingerprint density at radius 1 is 1.14 bits per heavy atom. The van der Waals surface area contributed by atoms with Crippen molar-refractivity contribution in [3.8, 4) is 5.75 Å². The summed E-state index contributed by atoms with van der Waals surface area (Å²) >= 11 is 10.6. The van der Waals surface area contributed by atoms with Crippen LogP contribution < -0.4 is 10.6 Å². The summed E-state index contributed by atoms with van der Waals surface area (Å²) in [6.45, 7) is 9.20. The number of thiol groups is 1. The molecule has 0 saturated heterocycles. The molecule has 0 aliphatic rings. The van der Waals surface area contributed by atoms with Crippen molar-refractivity contribution in [2.45, 2.75) is 65.1 Å². The first-order valence-electron chi connectivity index (χ1n) is 12.1. The van der Waals surface area contributed by atoms with E-state index in [9.17, 15) is 19.5 Å². The highest BCUT2D eigenvalue weighted by molar-refractivity contribution is 7.80. The first-order chi connectivity index (χ1) is 17.4. The zero-order valence-electron chi connectivity index (χ0n) is 21.9. The van der Waals surface area contributed by atoms with Crippen LogP contribution >= 0.6 is 24.2 Å². The molecule has 0 aliphatic heterocycles. The van der Waals surface area contributed by atoms with E-state index >= 15 is 0 Å². The van der Waals surface area contributed by atoms with E-state index in [1.54, 1.807) is 45.0 Å². The number of benzene rings is 2. The summed E-state index contributed by atoms with van der Waals surface area (Å²) in [6.07, 6.45) is 0.625. The van der Waals surface area contributed by atoms with E-state index in [4.69, 9.17) is 16.3 Å². The largest absolute Gasteiger partial charge is 0.508 e. The van der Waals surface area contributed by atoms with Gasteiger partial charge in [-0.05, 0) is 63.4 Å². The molecule has 0 spiro atoms. The summed E-state index contributed by atoms with van der Waals surface area (Å²) in [5, 5.41) is 15.6. The molecule has 2 unspecified atom stereocenters. The van der Waals surface area contributed by atoms with Gasteiger partial charge in [-0.2, -0.15) is 12.6 Å². The second kappa shape index (κ2) is 13.6. The van der Waals surface area contributed by atoms with Crippen molar-refractivity contribution in [3.05, 3.63) is 58.6 Å². The molecule has 0 aliphatic carbocycles. The lowest BCUT2D eigenvalue weighted by atomic mass is 10.0. The summed E-state index contributed by atoms with van der Waals surface area (Å²) in [5.74, 6) is -0.954. The molecule has 2 aromatic rings. The first kappa shape index (κ1) is 30.3. The van der Waals surface area contributed by atoms with Crippen LogP contribution in [0.5, 0.6) is 5.75 Å². The predicted octanol–water partition coefficient (Wildman–Crippen LogP) is 5.49. The molecule has 10 heteroatoms. The molecule has 2 aromatic carbocycles. The Bertz CT molecular complexity index is 1070. The third-order valence-electron chi connectivity index (χ3n) is 5.45. The average molecular weight is 550 g/mol. The molecule has 0 fully saturated rings. The first-order valence-corrected chi connectivity index (χ1v) is 13.1. The number of carbonyl (C=O) groups is 3. The van der Waals surface area contributed by atoms with Crippen LogP contribution in [0.1, 0.15) is 57.7 Å². The zero-order chi connectivity index (χ0) is 27.8. The molecule has 8 nitrogen and oxygen atoms in total. The highest BCUT2D eigenvalue weighted by Crippen LogP contribution is 2.30. The molecule has 202 valence electrons. The summed E-state index contributed by atoms with van der Waals surface area (Å²) in [4.78, 5) is 41.4. The Hall–Kier alpha value is -2.91. The van der Waals surface area contributed by atoms with Crippen molar-refractivity contribution in [2.24, 2.45) is 0 Å². The van der Waals surface area contributed by atoms with Crippen LogP contribution in [0.15, 0.2) is 42.5 Å². The lowest BCUT2D eigenvalue weighted by molar-refractivity contribution is -0.140. The number of hydrogen-bond acceptors (Lipinski definition) is 6. The maximum absolute atomic E-state index is 13.8. The number of phenols is 1. The van der Waals surface area contributed by atoms with E-state index in [2.05, 4.69) is 23.3 Å². The van der Waals surface area contributed by atoms with Gasteiger partial charge in [0.25, 0.3) is 5.91 Å². The van der Waals surface area contributed by atoms with E-state index in [1.807, 2.05) is 19.9 Å². The third-order valence-corrected chi connectivity index (χ3v) is 6.13. The summed E-state index contributed by atoms with van der Waals surface area (Å²) in [7, 11) is 0. The number of aromatic hydroxyl groups is 1. The van der Waals surface area contributed by atoms with Gasteiger partial charge in [0.1, 0.15) is 23.4 Å². The van der Waals surface area contributed by atoms with Gasteiger partial charge in [-0.15, -0.1) is 0 Å². The SMILES string of the molecule is CCCCN(C(=O)C(CS)NC(=O)OC(C)(C)C)C(C(=O)Nc1c(C)cccc1Cl)c1ccc(O)cc1. The fourth-order valence-electron chi connectivity index (χ4n) is 3.64. The van der Waals surface area contributed by atoms with Crippen molar-refractivity contribution < 1.29 is 24.2 Å². The summed E-state index contributed by atoms with van der Waals surface area (Å²) in [5.41, 5.74) is 0.937. The monoisotopic (exact) mass is 549 g/mol. The molecule has 0 aromatic heterocycles. The number of halogens is 1. The fraction of sp³-hybridized carbons (Fsp3) is 0.444. The lowest BCUT2D eigenvalue weighted by Gasteiger charge is -2.34. The Labute approximate surface area is 229 Å². The number of amides is 3. The minimum Gasteiger partial charge on any atom is -0.508 e. The summed E-state index contributed by atoms with van der Waals surface area (Å²) < 4.78 is 5.32. The number of unbranched alkanes of at least 4 members (excludes halogenated alkanes) is 1. The Morgan fingerprint density at radius 3 is 2.32 bits per heavy atom. The van der Waals surface area contributed by atoms with Crippen LogP contribution in [0.3, 0.4) is 0 Å². The zero-order valence-corrected chi connectivity index (χ0v) is 23.5. The molecular weight excluding hydrogens is 514 g/mol. The van der Waals surface area contributed by atoms with Gasteiger partial charge in [0, 0.05) is 12.3 Å². The number of nitrogens with one attached hydrogen (secondary N) is 2. The van der Waals surface area contributed by atoms with Gasteiger partial charge >= 0.3 is 6.09 Å². The number of ether oxygens (including phenoxy) is 1. The number of anilines is 1. The normalized spacial score (nSPS) is 12.8. The van der Waals surface area contributed by atoms with Crippen molar-refractivity contribution in [3.63, 3.8) is 0 Å². The number of para-hydroxylation sites is 1. The quantitative estimate of drug-likeness (QED) is 0.293. The molecule has 0 heterocycles. The van der Waals surface area contributed by atoms with E-state index in [0.29, 0.717) is 22.7 Å². The van der Waals surface area contributed by atoms with Gasteiger partial charge in [0.15, 0.2) is 0 Å². The molecule has 0 bridgehead atoms. The van der Waals surface area contributed by atoms with Crippen LogP contribution in [0.25, 0.3) is 0 Å². The van der Waals surface area contributed by atoms with E-state index < -0.39 is 35.6 Å². The molecule has 2 rings (SSSR count). The van der Waals surface area contributed by atoms with Crippen LogP contribution in [0.2, 0.25) is 5.02 Å². The predicted molar refractivity (Wildman–Crippen MR) is 149 cm³/mol. The number of alkyl carbamates (subject to hydrolysis) is 1. The minimum absolute atomic E-state index is 0.00571. The van der Waals surface area contributed by atoms with Gasteiger partial charge in [0.2, 0.25) is 5.91 Å². The van der Waals surface area contributed by atoms with E-state index in [1.165, 1.54) is 17.0 Å². The molecule has 0 saturated carbocycles. The number of hydrogen-bond donors (Lipinski definition) is 4. The Morgan fingerprint density at radius 2 is 1.78 bits per heavy atom. The number of aryl methyl sites for hydroxylation is 1. The molecule has 3 N–H and O–H groups in total. The standard InChI is InChI=1S/C27H36ClN3O5S/c1-6-7-15-31(25(34)21(16-37)29-26(35)36-27(3,4)5)23(18-11-13-19(32)14-12-18)24(33)30-22-17(2)9-8-10-20(22)28/h8-14,21,23,32,37H,6-7,15-16H2,1-5H3,(H,29,35)(H,30,33). The molecule has 0 radical (unpaired) electrons. The molecule has 3 amide bonds. The number of phenolic OH excluding ortho intramolecular Hbond substituents is 1. The van der Waals surface area contributed by atoms with Crippen molar-refractivity contribution in [1.82, 2.24) is 10.2 Å². The van der Waals surface area contributed by atoms with Crippen molar-refractivity contribution in [1.29, 1.82) is 0 Å². The smallest absolute Gasteiger partial charge is 0.408 e. The Balaban J connectivity index is 2.49. The van der Waals surface area contributed by atoms with E-state index in [-0.39, 0.29) is 18.0 Å².